The molecule has 0 N–H and O–H groups in total. The summed E-state index contributed by atoms with van der Waals surface area (Å²) in [4.78, 5) is 0. The average molecular weight is 435 g/mol. The summed E-state index contributed by atoms with van der Waals surface area (Å²) in [5.41, 5.74) is 3.48. The molecule has 1 aliphatic carbocycles. The molecule has 0 aromatic heterocycles. The van der Waals surface area contributed by atoms with Crippen molar-refractivity contribution in [3.05, 3.63) is 95.8 Å². The summed E-state index contributed by atoms with van der Waals surface area (Å²) in [5, 5.41) is 0. The highest BCUT2D eigenvalue weighted by Gasteiger charge is 2.21. The fourth-order valence-electron chi connectivity index (χ4n) is 4.81. The summed E-state index contributed by atoms with van der Waals surface area (Å²) in [5.74, 6) is -0.884. The minimum Gasteiger partial charge on any atom is -0.206 e. The molecule has 3 heteroatoms. The maximum absolute atomic E-state index is 15.0. The summed E-state index contributed by atoms with van der Waals surface area (Å²) in [7, 11) is 0. The number of allylic oxidation sites excluding steroid dienone is 1. The molecular weight excluding hydrogens is 405 g/mol. The van der Waals surface area contributed by atoms with Gasteiger partial charge in [-0.1, -0.05) is 68.0 Å². The molecule has 0 atom stereocenters. The molecule has 0 radical (unpaired) electrons. The Morgan fingerprint density at radius 3 is 2.03 bits per heavy atom. The van der Waals surface area contributed by atoms with Gasteiger partial charge in [-0.05, 0) is 72.3 Å². The van der Waals surface area contributed by atoms with Crippen LogP contribution in [0.5, 0.6) is 0 Å². The van der Waals surface area contributed by atoms with Crippen LogP contribution in [0.4, 0.5) is 13.2 Å². The molecule has 166 valence electrons. The van der Waals surface area contributed by atoms with Gasteiger partial charge in [-0.2, -0.15) is 0 Å². The Morgan fingerprint density at radius 2 is 1.44 bits per heavy atom. The van der Waals surface area contributed by atoms with Crippen LogP contribution < -0.4 is 0 Å². The average Bonchev–Trinajstić information content (AvgIpc) is 2.82. The van der Waals surface area contributed by atoms with Crippen LogP contribution in [0.1, 0.15) is 56.1 Å². The van der Waals surface area contributed by atoms with E-state index in [0.717, 1.165) is 43.2 Å². The minimum atomic E-state index is -0.828. The zero-order valence-electron chi connectivity index (χ0n) is 18.5. The third-order valence-corrected chi connectivity index (χ3v) is 6.76. The van der Waals surface area contributed by atoms with E-state index in [2.05, 4.69) is 6.58 Å². The Bertz CT molecular complexity index is 1090. The van der Waals surface area contributed by atoms with Crippen molar-refractivity contribution in [1.82, 2.24) is 0 Å². The molecular formula is C29H29F3. The molecule has 0 saturated heterocycles. The van der Waals surface area contributed by atoms with E-state index in [1.165, 1.54) is 0 Å². The standard InChI is InChI=1S/C29H29F3/c1-3-5-23-14-17-26(29(32)28(23)31)22-12-10-21(11-13-22)25-16-15-24(18-27(25)30)20-8-6-19(4-2)7-9-20/h4,10-20H,2-3,5-9H2,1H3. The lowest BCUT2D eigenvalue weighted by Crippen LogP contribution is -2.11. The Labute approximate surface area is 188 Å². The number of hydrogen-bond acceptors (Lipinski definition) is 0. The van der Waals surface area contributed by atoms with Crippen molar-refractivity contribution >= 4 is 0 Å². The van der Waals surface area contributed by atoms with E-state index in [4.69, 9.17) is 0 Å². The Kier molecular flexibility index (Phi) is 6.83. The maximum Gasteiger partial charge on any atom is 0.166 e. The van der Waals surface area contributed by atoms with Gasteiger partial charge in [-0.15, -0.1) is 6.58 Å². The molecule has 0 spiro atoms. The Hall–Kier alpha value is -2.81. The smallest absolute Gasteiger partial charge is 0.166 e. The molecule has 0 bridgehead atoms. The van der Waals surface area contributed by atoms with E-state index in [-0.39, 0.29) is 11.4 Å². The molecule has 1 fully saturated rings. The Balaban J connectivity index is 1.55. The number of halogens is 3. The van der Waals surface area contributed by atoms with Crippen molar-refractivity contribution < 1.29 is 13.2 Å². The molecule has 0 unspecified atom stereocenters. The van der Waals surface area contributed by atoms with Crippen molar-refractivity contribution in [2.75, 3.05) is 0 Å². The van der Waals surface area contributed by atoms with E-state index >= 15 is 0 Å². The highest BCUT2D eigenvalue weighted by Crippen LogP contribution is 2.38. The molecule has 1 saturated carbocycles. The second kappa shape index (κ2) is 9.77. The second-order valence-electron chi connectivity index (χ2n) is 8.81. The first-order chi connectivity index (χ1) is 15.5. The van der Waals surface area contributed by atoms with Crippen molar-refractivity contribution in [2.45, 2.75) is 51.4 Å². The summed E-state index contributed by atoms with van der Waals surface area (Å²) in [6.07, 6.45) is 7.62. The summed E-state index contributed by atoms with van der Waals surface area (Å²) in [6, 6.07) is 15.7. The summed E-state index contributed by atoms with van der Waals surface area (Å²) < 4.78 is 43.9. The van der Waals surface area contributed by atoms with E-state index in [1.807, 2.05) is 25.1 Å². The number of benzene rings is 3. The number of rotatable bonds is 6. The molecule has 3 aromatic rings. The molecule has 0 aliphatic heterocycles. The fraction of sp³-hybridized carbons (Fsp3) is 0.310. The monoisotopic (exact) mass is 434 g/mol. The van der Waals surface area contributed by atoms with E-state index < -0.39 is 11.6 Å². The lowest BCUT2D eigenvalue weighted by atomic mass is 9.78. The first kappa shape index (κ1) is 22.4. The van der Waals surface area contributed by atoms with Crippen molar-refractivity contribution in [2.24, 2.45) is 5.92 Å². The largest absolute Gasteiger partial charge is 0.206 e. The van der Waals surface area contributed by atoms with Crippen LogP contribution >= 0.6 is 0 Å². The summed E-state index contributed by atoms with van der Waals surface area (Å²) >= 11 is 0. The normalized spacial score (nSPS) is 18.5. The van der Waals surface area contributed by atoms with Crippen LogP contribution in [0.3, 0.4) is 0 Å². The molecule has 0 heterocycles. The first-order valence-corrected chi connectivity index (χ1v) is 11.5. The van der Waals surface area contributed by atoms with Crippen LogP contribution in [-0.2, 0) is 6.42 Å². The van der Waals surface area contributed by atoms with Crippen molar-refractivity contribution in [3.8, 4) is 22.3 Å². The molecule has 32 heavy (non-hydrogen) atoms. The second-order valence-corrected chi connectivity index (χ2v) is 8.81. The molecule has 3 aromatic carbocycles. The van der Waals surface area contributed by atoms with Gasteiger partial charge in [0.05, 0.1) is 0 Å². The van der Waals surface area contributed by atoms with Crippen LogP contribution in [0.15, 0.2) is 67.3 Å². The molecule has 1 aliphatic rings. The maximum atomic E-state index is 15.0. The highest BCUT2D eigenvalue weighted by atomic mass is 19.2. The molecule has 0 amide bonds. The van der Waals surface area contributed by atoms with Crippen molar-refractivity contribution in [3.63, 3.8) is 0 Å². The quantitative estimate of drug-likeness (QED) is 0.340. The van der Waals surface area contributed by atoms with E-state index in [0.29, 0.717) is 34.9 Å². The van der Waals surface area contributed by atoms with Gasteiger partial charge in [0, 0.05) is 11.1 Å². The van der Waals surface area contributed by atoms with Gasteiger partial charge in [-0.3, -0.25) is 0 Å². The van der Waals surface area contributed by atoms with E-state index in [9.17, 15) is 13.2 Å². The lowest BCUT2D eigenvalue weighted by molar-refractivity contribution is 0.375. The third kappa shape index (κ3) is 4.53. The fourth-order valence-corrected chi connectivity index (χ4v) is 4.81. The van der Waals surface area contributed by atoms with Crippen LogP contribution in [0, 0.1) is 23.4 Å². The summed E-state index contributed by atoms with van der Waals surface area (Å²) in [6.45, 7) is 5.82. The van der Waals surface area contributed by atoms with Gasteiger partial charge >= 0.3 is 0 Å². The lowest BCUT2D eigenvalue weighted by Gasteiger charge is -2.27. The van der Waals surface area contributed by atoms with Crippen LogP contribution in [0.2, 0.25) is 0 Å². The first-order valence-electron chi connectivity index (χ1n) is 11.5. The van der Waals surface area contributed by atoms with Gasteiger partial charge in [-0.25, -0.2) is 13.2 Å². The van der Waals surface area contributed by atoms with Crippen LogP contribution in [0.25, 0.3) is 22.3 Å². The number of hydrogen-bond donors (Lipinski definition) is 0. The Morgan fingerprint density at radius 1 is 0.812 bits per heavy atom. The molecule has 4 rings (SSSR count). The van der Waals surface area contributed by atoms with Gasteiger partial charge in [0.25, 0.3) is 0 Å². The van der Waals surface area contributed by atoms with Crippen LogP contribution in [-0.4, -0.2) is 0 Å². The predicted octanol–water partition coefficient (Wildman–Crippen LogP) is 8.85. The zero-order valence-corrected chi connectivity index (χ0v) is 18.5. The minimum absolute atomic E-state index is 0.222. The van der Waals surface area contributed by atoms with Gasteiger partial charge in [0.15, 0.2) is 11.6 Å². The van der Waals surface area contributed by atoms with Gasteiger partial charge in [0.1, 0.15) is 5.82 Å². The van der Waals surface area contributed by atoms with Gasteiger partial charge in [0.2, 0.25) is 0 Å². The van der Waals surface area contributed by atoms with Crippen molar-refractivity contribution in [1.29, 1.82) is 0 Å². The number of aryl methyl sites for hydroxylation is 1. The van der Waals surface area contributed by atoms with E-state index in [1.54, 1.807) is 42.5 Å². The zero-order chi connectivity index (χ0) is 22.7. The third-order valence-electron chi connectivity index (χ3n) is 6.76. The SMILES string of the molecule is C=CC1CCC(c2ccc(-c3ccc(-c4ccc(CCC)c(F)c4F)cc3)c(F)c2)CC1. The molecule has 0 nitrogen and oxygen atoms in total. The topological polar surface area (TPSA) is 0 Å². The van der Waals surface area contributed by atoms with Gasteiger partial charge < -0.3 is 0 Å². The predicted molar refractivity (Wildman–Crippen MR) is 126 cm³/mol. The highest BCUT2D eigenvalue weighted by molar-refractivity contribution is 5.71.